The van der Waals surface area contributed by atoms with Crippen molar-refractivity contribution < 1.29 is 0 Å². The first-order valence-corrected chi connectivity index (χ1v) is 6.36. The van der Waals surface area contributed by atoms with Crippen molar-refractivity contribution in [2.24, 2.45) is 0 Å². The van der Waals surface area contributed by atoms with E-state index in [0.717, 1.165) is 18.8 Å². The second kappa shape index (κ2) is 5.64. The number of hydrogen-bond donors (Lipinski definition) is 1. The topological polar surface area (TPSA) is 29.3 Å². The van der Waals surface area contributed by atoms with Gasteiger partial charge in [-0.15, -0.1) is 12.4 Å². The summed E-state index contributed by atoms with van der Waals surface area (Å²) in [5, 5.41) is 0. The molecule has 1 aliphatic heterocycles. The van der Waals surface area contributed by atoms with Crippen molar-refractivity contribution in [3.05, 3.63) is 65.2 Å². The maximum Gasteiger partial charge on any atom is 0.0362 e. The van der Waals surface area contributed by atoms with Crippen LogP contribution in [0.25, 0.3) is 0 Å². The fourth-order valence-corrected chi connectivity index (χ4v) is 2.85. The number of anilines is 1. The minimum absolute atomic E-state index is 0. The second-order valence-electron chi connectivity index (χ2n) is 5.08. The van der Waals surface area contributed by atoms with E-state index >= 15 is 0 Å². The lowest BCUT2D eigenvalue weighted by atomic mass is 9.84. The third kappa shape index (κ3) is 2.60. The van der Waals surface area contributed by atoms with Gasteiger partial charge in [0, 0.05) is 24.7 Å². The summed E-state index contributed by atoms with van der Waals surface area (Å²) in [6, 6.07) is 17.0. The molecule has 0 saturated carbocycles. The van der Waals surface area contributed by atoms with Gasteiger partial charge in [0.25, 0.3) is 0 Å². The summed E-state index contributed by atoms with van der Waals surface area (Å²) in [6.45, 7) is 2.01. The maximum atomic E-state index is 6.12. The van der Waals surface area contributed by atoms with Crippen molar-refractivity contribution in [1.82, 2.24) is 4.90 Å². The number of nitrogen functional groups attached to an aromatic ring is 1. The molecule has 1 atom stereocenters. The van der Waals surface area contributed by atoms with Gasteiger partial charge in [0.15, 0.2) is 0 Å². The Morgan fingerprint density at radius 2 is 1.79 bits per heavy atom. The first-order valence-electron chi connectivity index (χ1n) is 6.36. The molecule has 1 aliphatic rings. The lowest BCUT2D eigenvalue weighted by Gasteiger charge is -2.33. The SMILES string of the molecule is CN1Cc2c(N)cccc2C(c2ccccc2)C1.Cl. The van der Waals surface area contributed by atoms with E-state index in [2.05, 4.69) is 54.4 Å². The van der Waals surface area contributed by atoms with Crippen LogP contribution in [0.1, 0.15) is 22.6 Å². The van der Waals surface area contributed by atoms with Crippen LogP contribution in [0.2, 0.25) is 0 Å². The Kier molecular flexibility index (Phi) is 4.13. The van der Waals surface area contributed by atoms with Crippen LogP contribution >= 0.6 is 12.4 Å². The van der Waals surface area contributed by atoms with E-state index in [1.807, 2.05) is 6.07 Å². The van der Waals surface area contributed by atoms with Gasteiger partial charge in [-0.1, -0.05) is 42.5 Å². The Morgan fingerprint density at radius 3 is 2.53 bits per heavy atom. The van der Waals surface area contributed by atoms with Crippen LogP contribution in [-0.4, -0.2) is 18.5 Å². The molecule has 0 spiro atoms. The van der Waals surface area contributed by atoms with Crippen molar-refractivity contribution in [2.75, 3.05) is 19.3 Å². The number of likely N-dealkylation sites (N-methyl/N-ethyl adjacent to an activating group) is 1. The molecule has 0 amide bonds. The summed E-state index contributed by atoms with van der Waals surface area (Å²) in [6.07, 6.45) is 0. The van der Waals surface area contributed by atoms with E-state index in [1.54, 1.807) is 0 Å². The van der Waals surface area contributed by atoms with Crippen LogP contribution in [0.5, 0.6) is 0 Å². The van der Waals surface area contributed by atoms with E-state index in [-0.39, 0.29) is 12.4 Å². The van der Waals surface area contributed by atoms with E-state index in [4.69, 9.17) is 5.73 Å². The fraction of sp³-hybridized carbons (Fsp3) is 0.250. The van der Waals surface area contributed by atoms with E-state index in [1.165, 1.54) is 16.7 Å². The van der Waals surface area contributed by atoms with Crippen molar-refractivity contribution in [2.45, 2.75) is 12.5 Å². The van der Waals surface area contributed by atoms with Crippen LogP contribution in [0.15, 0.2) is 48.5 Å². The third-order valence-electron chi connectivity index (χ3n) is 3.75. The van der Waals surface area contributed by atoms with E-state index in [9.17, 15) is 0 Å². The molecule has 3 heteroatoms. The highest BCUT2D eigenvalue weighted by Crippen LogP contribution is 2.35. The molecule has 0 fully saturated rings. The number of halogens is 1. The van der Waals surface area contributed by atoms with Crippen LogP contribution in [0.4, 0.5) is 5.69 Å². The zero-order valence-electron chi connectivity index (χ0n) is 11.0. The van der Waals surface area contributed by atoms with Gasteiger partial charge in [-0.2, -0.15) is 0 Å². The van der Waals surface area contributed by atoms with Crippen molar-refractivity contribution in [3.8, 4) is 0 Å². The lowest BCUT2D eigenvalue weighted by molar-refractivity contribution is 0.296. The second-order valence-corrected chi connectivity index (χ2v) is 5.08. The Labute approximate surface area is 120 Å². The van der Waals surface area contributed by atoms with Gasteiger partial charge in [-0.05, 0) is 29.8 Å². The monoisotopic (exact) mass is 274 g/mol. The molecule has 2 aromatic carbocycles. The molecule has 19 heavy (non-hydrogen) atoms. The largest absolute Gasteiger partial charge is 0.398 e. The minimum atomic E-state index is 0. The van der Waals surface area contributed by atoms with Crippen LogP contribution < -0.4 is 5.73 Å². The van der Waals surface area contributed by atoms with Gasteiger partial charge in [-0.3, -0.25) is 0 Å². The zero-order valence-corrected chi connectivity index (χ0v) is 11.9. The average molecular weight is 275 g/mol. The molecule has 0 aromatic heterocycles. The Hall–Kier alpha value is -1.51. The number of benzene rings is 2. The molecule has 1 heterocycles. The number of rotatable bonds is 1. The Morgan fingerprint density at radius 1 is 1.05 bits per heavy atom. The van der Waals surface area contributed by atoms with Gasteiger partial charge in [0.1, 0.15) is 0 Å². The predicted octanol–water partition coefficient (Wildman–Crippen LogP) is 3.27. The average Bonchev–Trinajstić information content (AvgIpc) is 2.40. The smallest absolute Gasteiger partial charge is 0.0362 e. The maximum absolute atomic E-state index is 6.12. The van der Waals surface area contributed by atoms with Gasteiger partial charge >= 0.3 is 0 Å². The summed E-state index contributed by atoms with van der Waals surface area (Å²) >= 11 is 0. The highest BCUT2D eigenvalue weighted by atomic mass is 35.5. The molecule has 1 unspecified atom stereocenters. The van der Waals surface area contributed by atoms with Gasteiger partial charge in [0.05, 0.1) is 0 Å². The van der Waals surface area contributed by atoms with Crippen molar-refractivity contribution in [3.63, 3.8) is 0 Å². The normalized spacial score (nSPS) is 18.5. The Balaban J connectivity index is 0.00000133. The molecule has 100 valence electrons. The first kappa shape index (κ1) is 13.9. The number of nitrogens with two attached hydrogens (primary N) is 1. The third-order valence-corrected chi connectivity index (χ3v) is 3.75. The number of nitrogens with zero attached hydrogens (tertiary/aromatic N) is 1. The van der Waals surface area contributed by atoms with Crippen molar-refractivity contribution >= 4 is 18.1 Å². The van der Waals surface area contributed by atoms with Gasteiger partial charge in [-0.25, -0.2) is 0 Å². The number of hydrogen-bond acceptors (Lipinski definition) is 2. The molecule has 0 saturated heterocycles. The van der Waals surface area contributed by atoms with Crippen molar-refractivity contribution in [1.29, 1.82) is 0 Å². The highest BCUT2D eigenvalue weighted by Gasteiger charge is 2.25. The van der Waals surface area contributed by atoms with Crippen LogP contribution in [0, 0.1) is 0 Å². The first-order chi connectivity index (χ1) is 8.75. The quantitative estimate of drug-likeness (QED) is 0.809. The molecular formula is C16H19ClN2. The summed E-state index contributed by atoms with van der Waals surface area (Å²) in [4.78, 5) is 2.34. The van der Waals surface area contributed by atoms with E-state index < -0.39 is 0 Å². The zero-order chi connectivity index (χ0) is 12.5. The predicted molar refractivity (Wildman–Crippen MR) is 82.7 cm³/mol. The molecule has 2 aromatic rings. The summed E-state index contributed by atoms with van der Waals surface area (Å²) in [5.74, 6) is 0.434. The molecule has 0 radical (unpaired) electrons. The molecular weight excluding hydrogens is 256 g/mol. The molecule has 2 N–H and O–H groups in total. The van der Waals surface area contributed by atoms with Crippen LogP contribution in [0.3, 0.4) is 0 Å². The number of fused-ring (bicyclic) bond motifs is 1. The standard InChI is InChI=1S/C16H18N2.ClH/c1-18-10-14(12-6-3-2-4-7-12)13-8-5-9-16(17)15(13)11-18;/h2-9,14H,10-11,17H2,1H3;1H. The molecule has 0 aliphatic carbocycles. The summed E-state index contributed by atoms with van der Waals surface area (Å²) in [7, 11) is 2.16. The summed E-state index contributed by atoms with van der Waals surface area (Å²) in [5.41, 5.74) is 11.1. The molecule has 0 bridgehead atoms. The summed E-state index contributed by atoms with van der Waals surface area (Å²) < 4.78 is 0. The highest BCUT2D eigenvalue weighted by molar-refractivity contribution is 5.85. The molecule has 3 rings (SSSR count). The minimum Gasteiger partial charge on any atom is -0.398 e. The van der Waals surface area contributed by atoms with E-state index in [0.29, 0.717) is 5.92 Å². The fourth-order valence-electron chi connectivity index (χ4n) is 2.85. The Bertz CT molecular complexity index is 554. The molecule has 2 nitrogen and oxygen atoms in total. The van der Waals surface area contributed by atoms with Gasteiger partial charge < -0.3 is 10.6 Å². The van der Waals surface area contributed by atoms with Gasteiger partial charge in [0.2, 0.25) is 0 Å². The lowest BCUT2D eigenvalue weighted by Crippen LogP contribution is -2.31. The van der Waals surface area contributed by atoms with Crippen LogP contribution in [-0.2, 0) is 6.54 Å².